The molecule has 0 fully saturated rings. The minimum Gasteiger partial charge on any atom is -0.378 e. The molecule has 0 N–H and O–H groups in total. The van der Waals surface area contributed by atoms with Gasteiger partial charge >= 0.3 is 21.1 Å². The molecule has 4 heteroatoms. The van der Waals surface area contributed by atoms with Gasteiger partial charge in [0.2, 0.25) is 0 Å². The summed E-state index contributed by atoms with van der Waals surface area (Å²) in [5.41, 5.74) is 8.29. The molecule has 1 aliphatic heterocycles. The quantitative estimate of drug-likeness (QED) is 0.270. The average Bonchev–Trinajstić information content (AvgIpc) is 3.04. The van der Waals surface area contributed by atoms with Crippen molar-refractivity contribution < 1.29 is 25.6 Å². The van der Waals surface area contributed by atoms with Gasteiger partial charge in [-0.25, -0.2) is 0 Å². The van der Waals surface area contributed by atoms with E-state index in [0.717, 1.165) is 17.7 Å². The first-order valence-electron chi connectivity index (χ1n) is 9.13. The van der Waals surface area contributed by atoms with E-state index in [-0.39, 0.29) is 21.1 Å². The van der Waals surface area contributed by atoms with E-state index in [0.29, 0.717) is 0 Å². The normalized spacial score (nSPS) is 12.8. The second-order valence-electron chi connectivity index (χ2n) is 7.01. The molecule has 0 amide bonds. The van der Waals surface area contributed by atoms with Crippen LogP contribution in [0.5, 0.6) is 0 Å². The maximum atomic E-state index is 4.61. The van der Waals surface area contributed by atoms with Crippen molar-refractivity contribution >= 4 is 29.0 Å². The number of fused-ring (bicyclic) bond motifs is 1. The van der Waals surface area contributed by atoms with Crippen molar-refractivity contribution in [3.63, 3.8) is 0 Å². The minimum atomic E-state index is 0. The predicted molar refractivity (Wildman–Crippen MR) is 113 cm³/mol. The van der Waals surface area contributed by atoms with Crippen LogP contribution in [0.25, 0.3) is 0 Å². The summed E-state index contributed by atoms with van der Waals surface area (Å²) in [6, 6.07) is 26.4. The molecule has 3 nitrogen and oxygen atoms in total. The molecule has 0 saturated heterocycles. The van der Waals surface area contributed by atoms with Crippen LogP contribution in [0, 0.1) is 6.07 Å². The Hall–Kier alpha value is -2.51. The van der Waals surface area contributed by atoms with Gasteiger partial charge < -0.3 is 4.90 Å². The van der Waals surface area contributed by atoms with Crippen molar-refractivity contribution in [3.05, 3.63) is 89.5 Å². The summed E-state index contributed by atoms with van der Waals surface area (Å²) in [6.45, 7) is 0. The van der Waals surface area contributed by atoms with Crippen LogP contribution >= 0.6 is 0 Å². The standard InChI is InChI=1S/C24H23N3.W/c1-26(2)22-14-8-18(9-15-22)17-25-21-12-10-19(11-13-21)24-16-20-6-4-5-7-23(20)27(24)3;/h4-5,7-15,17H,16H2,1-3H3;/q;+2. The van der Waals surface area contributed by atoms with Crippen LogP contribution in [0.1, 0.15) is 16.7 Å². The van der Waals surface area contributed by atoms with E-state index >= 15 is 0 Å². The van der Waals surface area contributed by atoms with Gasteiger partial charge in [-0.2, -0.15) is 18.2 Å². The van der Waals surface area contributed by atoms with E-state index in [4.69, 9.17) is 0 Å². The summed E-state index contributed by atoms with van der Waals surface area (Å²) in [5, 5.41) is 0. The van der Waals surface area contributed by atoms with Crippen LogP contribution in [0.4, 0.5) is 17.1 Å². The maximum absolute atomic E-state index is 4.61. The van der Waals surface area contributed by atoms with Gasteiger partial charge in [-0.05, 0) is 42.0 Å². The molecule has 1 heterocycles. The molecule has 1 aliphatic rings. The third kappa shape index (κ3) is 4.15. The first-order chi connectivity index (χ1) is 13.1. The van der Waals surface area contributed by atoms with Gasteiger partial charge in [0.05, 0.1) is 5.69 Å². The Bertz CT molecular complexity index is 1020. The predicted octanol–water partition coefficient (Wildman–Crippen LogP) is 4.62. The average molecular weight is 537 g/mol. The van der Waals surface area contributed by atoms with Gasteiger partial charge in [-0.3, -0.25) is 9.57 Å². The van der Waals surface area contributed by atoms with Gasteiger partial charge in [0.25, 0.3) is 0 Å². The molecule has 0 aliphatic carbocycles. The number of nitrogens with zero attached hydrogens (tertiary/aromatic N) is 3. The van der Waals surface area contributed by atoms with E-state index in [1.807, 2.05) is 32.4 Å². The molecule has 3 aromatic rings. The van der Waals surface area contributed by atoms with Crippen LogP contribution < -0.4 is 4.90 Å². The number of hydrogen-bond donors (Lipinski definition) is 0. The Morgan fingerprint density at radius 3 is 2.36 bits per heavy atom. The molecule has 0 saturated carbocycles. The number of benzene rings is 3. The second kappa shape index (κ2) is 8.66. The topological polar surface area (TPSA) is 18.6 Å². The molecule has 0 aromatic heterocycles. The Morgan fingerprint density at radius 1 is 1.00 bits per heavy atom. The first-order valence-corrected chi connectivity index (χ1v) is 9.13. The summed E-state index contributed by atoms with van der Waals surface area (Å²) >= 11 is 0. The minimum absolute atomic E-state index is 0. The Morgan fingerprint density at radius 2 is 1.71 bits per heavy atom. The van der Waals surface area contributed by atoms with E-state index < -0.39 is 0 Å². The molecule has 0 radical (unpaired) electrons. The molecular weight excluding hydrogens is 514 g/mol. The first kappa shape index (κ1) is 20.2. The van der Waals surface area contributed by atoms with Gasteiger partial charge in [-0.15, -0.1) is 6.07 Å². The van der Waals surface area contributed by atoms with E-state index in [1.54, 1.807) is 0 Å². The summed E-state index contributed by atoms with van der Waals surface area (Å²) in [6.07, 6.45) is 2.83. The number of hydrogen-bond acceptors (Lipinski definition) is 2. The Kier molecular flexibility index (Phi) is 6.26. The van der Waals surface area contributed by atoms with Crippen LogP contribution in [0.15, 0.2) is 71.7 Å². The zero-order chi connectivity index (χ0) is 18.8. The third-order valence-electron chi connectivity index (χ3n) is 5.00. The molecule has 138 valence electrons. The summed E-state index contributed by atoms with van der Waals surface area (Å²) in [7, 11) is 6.21. The molecule has 4 rings (SSSR count). The Balaban J connectivity index is 0.00000225. The van der Waals surface area contributed by atoms with Crippen LogP contribution in [-0.4, -0.2) is 37.6 Å². The number of anilines is 1. The third-order valence-corrected chi connectivity index (χ3v) is 5.00. The Labute approximate surface area is 181 Å². The largest absolute Gasteiger partial charge is 2.00 e. The number of rotatable bonds is 4. The zero-order valence-electron chi connectivity index (χ0n) is 16.4. The van der Waals surface area contributed by atoms with Crippen molar-refractivity contribution in [1.29, 1.82) is 0 Å². The molecule has 0 bridgehead atoms. The van der Waals surface area contributed by atoms with Crippen LogP contribution in [0.2, 0.25) is 0 Å². The fourth-order valence-electron chi connectivity index (χ4n) is 3.39. The molecule has 0 spiro atoms. The fourth-order valence-corrected chi connectivity index (χ4v) is 3.39. The van der Waals surface area contributed by atoms with Crippen molar-refractivity contribution in [2.45, 2.75) is 6.42 Å². The van der Waals surface area contributed by atoms with Gasteiger partial charge in [0.1, 0.15) is 12.7 Å². The van der Waals surface area contributed by atoms with Crippen molar-refractivity contribution in [1.82, 2.24) is 0 Å². The van der Waals surface area contributed by atoms with Gasteiger partial charge in [0.15, 0.2) is 5.71 Å². The number of aliphatic imine (C=N–C) groups is 1. The van der Waals surface area contributed by atoms with E-state index in [9.17, 15) is 0 Å². The summed E-state index contributed by atoms with van der Waals surface area (Å²) < 4.78 is 2.26. The molecule has 0 unspecified atom stereocenters. The van der Waals surface area contributed by atoms with Crippen LogP contribution in [0.3, 0.4) is 0 Å². The van der Waals surface area contributed by atoms with Crippen molar-refractivity contribution in [2.75, 3.05) is 26.0 Å². The summed E-state index contributed by atoms with van der Waals surface area (Å²) in [5.74, 6) is 0. The monoisotopic (exact) mass is 537 g/mol. The second-order valence-corrected chi connectivity index (χ2v) is 7.01. The van der Waals surface area contributed by atoms with E-state index in [2.05, 4.69) is 82.2 Å². The van der Waals surface area contributed by atoms with Crippen LogP contribution in [-0.2, 0) is 27.5 Å². The van der Waals surface area contributed by atoms with Gasteiger partial charge in [-0.1, -0.05) is 17.7 Å². The van der Waals surface area contributed by atoms with E-state index in [1.165, 1.54) is 28.2 Å². The SMILES string of the molecule is CN(C)c1ccc(C=Nc2ccc(C3=[N+](C)c4ccc[c-]c4C3)cc2)cc1.[W+2]. The molecule has 28 heavy (non-hydrogen) atoms. The molecule has 0 atom stereocenters. The zero-order valence-corrected chi connectivity index (χ0v) is 19.3. The smallest absolute Gasteiger partial charge is 0.378 e. The maximum Gasteiger partial charge on any atom is 2.00 e. The van der Waals surface area contributed by atoms with Crippen molar-refractivity contribution in [3.8, 4) is 0 Å². The van der Waals surface area contributed by atoms with Crippen molar-refractivity contribution in [2.24, 2.45) is 4.99 Å². The summed E-state index contributed by atoms with van der Waals surface area (Å²) in [4.78, 5) is 6.70. The fraction of sp³-hybridized carbons (Fsp3) is 0.167. The van der Waals surface area contributed by atoms with Gasteiger partial charge in [0, 0.05) is 38.0 Å². The molecular formula is C24H23N3W+2. The molecule has 3 aromatic carbocycles.